The number of piperidine rings is 1. The number of nitrogens with one attached hydrogen (secondary N) is 1. The van der Waals surface area contributed by atoms with Crippen LogP contribution in [-0.2, 0) is 16.1 Å². The fourth-order valence-electron chi connectivity index (χ4n) is 4.06. The molecule has 2 aliphatic heterocycles. The summed E-state index contributed by atoms with van der Waals surface area (Å²) in [4.78, 5) is 16.5. The van der Waals surface area contributed by atoms with Crippen molar-refractivity contribution in [3.8, 4) is 0 Å². The Morgan fingerprint density at radius 2 is 2.26 bits per heavy atom. The van der Waals surface area contributed by atoms with E-state index in [-0.39, 0.29) is 17.9 Å². The van der Waals surface area contributed by atoms with Gasteiger partial charge in [-0.2, -0.15) is 0 Å². The molecule has 0 unspecified atom stereocenters. The lowest BCUT2D eigenvalue weighted by Gasteiger charge is -2.44. The second-order valence-electron chi connectivity index (χ2n) is 7.26. The van der Waals surface area contributed by atoms with Crippen LogP contribution >= 0.6 is 11.3 Å². The maximum absolute atomic E-state index is 12.7. The van der Waals surface area contributed by atoms with E-state index in [2.05, 4.69) is 21.7 Å². The summed E-state index contributed by atoms with van der Waals surface area (Å²) in [7, 11) is 0. The summed E-state index contributed by atoms with van der Waals surface area (Å²) in [5.74, 6) is 1.64. The first-order valence-corrected chi connectivity index (χ1v) is 9.81. The molecule has 1 N–H and O–H groups in total. The molecule has 4 nitrogen and oxygen atoms in total. The molecule has 3 heterocycles. The Bertz CT molecular complexity index is 529. The summed E-state index contributed by atoms with van der Waals surface area (Å²) in [6.07, 6.45) is 5.04. The van der Waals surface area contributed by atoms with Crippen LogP contribution in [0, 0.1) is 17.8 Å². The van der Waals surface area contributed by atoms with Crippen molar-refractivity contribution >= 4 is 17.2 Å². The zero-order chi connectivity index (χ0) is 15.6. The third kappa shape index (κ3) is 3.78. The molecule has 0 bridgehead atoms. The highest BCUT2D eigenvalue weighted by Crippen LogP contribution is 2.36. The van der Waals surface area contributed by atoms with Crippen LogP contribution in [0.1, 0.15) is 30.6 Å². The second-order valence-corrected chi connectivity index (χ2v) is 8.29. The quantitative estimate of drug-likeness (QED) is 0.899. The van der Waals surface area contributed by atoms with Crippen molar-refractivity contribution in [3.63, 3.8) is 0 Å². The molecule has 5 heteroatoms. The second kappa shape index (κ2) is 6.91. The number of hydrogen-bond acceptors (Lipinski definition) is 4. The van der Waals surface area contributed by atoms with E-state index in [0.29, 0.717) is 12.5 Å². The molecule has 0 radical (unpaired) electrons. The Hall–Kier alpha value is -0.910. The van der Waals surface area contributed by atoms with Crippen LogP contribution in [0.25, 0.3) is 0 Å². The summed E-state index contributed by atoms with van der Waals surface area (Å²) in [6.45, 7) is 4.81. The highest BCUT2D eigenvalue weighted by Gasteiger charge is 2.42. The first-order chi connectivity index (χ1) is 11.3. The Morgan fingerprint density at radius 1 is 1.35 bits per heavy atom. The van der Waals surface area contributed by atoms with Gasteiger partial charge < -0.3 is 15.0 Å². The van der Waals surface area contributed by atoms with Crippen LogP contribution < -0.4 is 5.32 Å². The number of ether oxygens (including phenoxy) is 1. The molecule has 126 valence electrons. The third-order valence-electron chi connectivity index (χ3n) is 5.52. The minimum absolute atomic E-state index is 0.121. The monoisotopic (exact) mass is 334 g/mol. The molecule has 4 rings (SSSR count). The van der Waals surface area contributed by atoms with Crippen molar-refractivity contribution in [1.82, 2.24) is 10.2 Å². The van der Waals surface area contributed by atoms with Gasteiger partial charge in [0.2, 0.25) is 5.91 Å². The molecule has 2 saturated heterocycles. The molecule has 0 aromatic carbocycles. The lowest BCUT2D eigenvalue weighted by molar-refractivity contribution is -0.142. The van der Waals surface area contributed by atoms with E-state index >= 15 is 0 Å². The van der Waals surface area contributed by atoms with Gasteiger partial charge in [0.1, 0.15) is 0 Å². The summed E-state index contributed by atoms with van der Waals surface area (Å²) in [6, 6.07) is 4.11. The molecule has 1 saturated carbocycles. The van der Waals surface area contributed by atoms with Crippen LogP contribution in [-0.4, -0.2) is 43.2 Å². The van der Waals surface area contributed by atoms with E-state index in [0.717, 1.165) is 38.5 Å². The SMILES string of the molecule is O=C(NCc1cccs1)[C@@H]1CCO[C@@H]2CCN(CC3CC3)C[C@@H]21. The normalized spacial score (nSPS) is 31.6. The molecular weight excluding hydrogens is 308 g/mol. The van der Waals surface area contributed by atoms with Crippen LogP contribution in [0.15, 0.2) is 17.5 Å². The number of fused-ring (bicyclic) bond motifs is 1. The van der Waals surface area contributed by atoms with E-state index in [4.69, 9.17) is 4.74 Å². The van der Waals surface area contributed by atoms with E-state index in [9.17, 15) is 4.79 Å². The molecule has 1 amide bonds. The molecule has 23 heavy (non-hydrogen) atoms. The van der Waals surface area contributed by atoms with Crippen molar-refractivity contribution in [2.75, 3.05) is 26.2 Å². The number of likely N-dealkylation sites (tertiary alicyclic amines) is 1. The van der Waals surface area contributed by atoms with Gasteiger partial charge in [-0.25, -0.2) is 0 Å². The molecular formula is C18H26N2O2S. The number of nitrogens with zero attached hydrogens (tertiary/aromatic N) is 1. The molecule has 1 aliphatic carbocycles. The minimum atomic E-state index is 0.121. The third-order valence-corrected chi connectivity index (χ3v) is 6.40. The van der Waals surface area contributed by atoms with Crippen molar-refractivity contribution in [1.29, 1.82) is 0 Å². The van der Waals surface area contributed by atoms with Gasteiger partial charge in [-0.15, -0.1) is 11.3 Å². The summed E-state index contributed by atoms with van der Waals surface area (Å²) in [5, 5.41) is 5.21. The van der Waals surface area contributed by atoms with E-state index in [1.165, 1.54) is 24.3 Å². The molecule has 3 aliphatic rings. The van der Waals surface area contributed by atoms with Gasteiger partial charge in [-0.05, 0) is 43.0 Å². The maximum Gasteiger partial charge on any atom is 0.223 e. The fraction of sp³-hybridized carbons (Fsp3) is 0.722. The Morgan fingerprint density at radius 3 is 3.04 bits per heavy atom. The van der Waals surface area contributed by atoms with E-state index < -0.39 is 0 Å². The maximum atomic E-state index is 12.7. The number of amides is 1. The van der Waals surface area contributed by atoms with Crippen molar-refractivity contribution in [3.05, 3.63) is 22.4 Å². The van der Waals surface area contributed by atoms with Crippen LogP contribution in [0.4, 0.5) is 0 Å². The standard InChI is InChI=1S/C18H26N2O2S/c21-18(19-10-14-2-1-9-23-14)15-6-8-22-17-5-7-20(12-16(15)17)11-13-3-4-13/h1-2,9,13,15-17H,3-8,10-12H2,(H,19,21)/t15-,16-,17-/m1/s1. The van der Waals surface area contributed by atoms with Gasteiger partial charge >= 0.3 is 0 Å². The minimum Gasteiger partial charge on any atom is -0.378 e. The average molecular weight is 334 g/mol. The number of carbonyl (C=O) groups is 1. The molecule has 3 atom stereocenters. The first-order valence-electron chi connectivity index (χ1n) is 8.93. The van der Waals surface area contributed by atoms with Gasteiger partial charge in [0, 0.05) is 43.0 Å². The van der Waals surface area contributed by atoms with Crippen LogP contribution in [0.2, 0.25) is 0 Å². The predicted octanol–water partition coefficient (Wildman–Crippen LogP) is 2.50. The highest BCUT2D eigenvalue weighted by atomic mass is 32.1. The smallest absolute Gasteiger partial charge is 0.223 e. The van der Waals surface area contributed by atoms with Gasteiger partial charge in [-0.1, -0.05) is 6.07 Å². The molecule has 1 aromatic rings. The Labute approximate surface area is 142 Å². The summed E-state index contributed by atoms with van der Waals surface area (Å²) in [5.41, 5.74) is 0. The van der Waals surface area contributed by atoms with Crippen LogP contribution in [0.5, 0.6) is 0 Å². The lowest BCUT2D eigenvalue weighted by Crippen LogP contribution is -2.53. The number of hydrogen-bond donors (Lipinski definition) is 1. The van der Waals surface area contributed by atoms with Crippen molar-refractivity contribution < 1.29 is 9.53 Å². The topological polar surface area (TPSA) is 41.6 Å². The van der Waals surface area contributed by atoms with Crippen molar-refractivity contribution in [2.24, 2.45) is 17.8 Å². The first kappa shape index (κ1) is 15.6. The van der Waals surface area contributed by atoms with Crippen molar-refractivity contribution in [2.45, 2.75) is 38.3 Å². The zero-order valence-electron chi connectivity index (χ0n) is 13.6. The number of rotatable bonds is 5. The predicted molar refractivity (Wildman–Crippen MR) is 91.3 cm³/mol. The number of carbonyl (C=O) groups excluding carboxylic acids is 1. The number of thiophene rings is 1. The van der Waals surface area contributed by atoms with E-state index in [1.807, 2.05) is 6.07 Å². The summed E-state index contributed by atoms with van der Waals surface area (Å²) < 4.78 is 5.98. The molecule has 0 spiro atoms. The van der Waals surface area contributed by atoms with Gasteiger partial charge in [0.05, 0.1) is 12.6 Å². The largest absolute Gasteiger partial charge is 0.378 e. The Balaban J connectivity index is 1.36. The van der Waals surface area contributed by atoms with Gasteiger partial charge in [0.25, 0.3) is 0 Å². The van der Waals surface area contributed by atoms with Gasteiger partial charge in [0.15, 0.2) is 0 Å². The fourth-order valence-corrected chi connectivity index (χ4v) is 4.70. The average Bonchev–Trinajstić information content (AvgIpc) is 3.23. The van der Waals surface area contributed by atoms with Gasteiger partial charge in [-0.3, -0.25) is 4.79 Å². The zero-order valence-corrected chi connectivity index (χ0v) is 14.4. The summed E-state index contributed by atoms with van der Waals surface area (Å²) >= 11 is 1.70. The lowest BCUT2D eigenvalue weighted by atomic mass is 9.79. The molecule has 3 fully saturated rings. The highest BCUT2D eigenvalue weighted by molar-refractivity contribution is 7.09. The van der Waals surface area contributed by atoms with Crippen LogP contribution in [0.3, 0.4) is 0 Å². The van der Waals surface area contributed by atoms with E-state index in [1.54, 1.807) is 11.3 Å². The Kier molecular flexibility index (Phi) is 4.69. The molecule has 1 aromatic heterocycles.